The minimum atomic E-state index is 0.0405. The van der Waals surface area contributed by atoms with Crippen LogP contribution in [0.4, 0.5) is 0 Å². The summed E-state index contributed by atoms with van der Waals surface area (Å²) in [7, 11) is 0. The Morgan fingerprint density at radius 2 is 2.00 bits per heavy atom. The van der Waals surface area contributed by atoms with Gasteiger partial charge in [-0.25, -0.2) is 0 Å². The van der Waals surface area contributed by atoms with Crippen LogP contribution >= 0.6 is 0 Å². The zero-order chi connectivity index (χ0) is 7.49. The summed E-state index contributed by atoms with van der Waals surface area (Å²) in [5, 5.41) is 0. The second kappa shape index (κ2) is 2.72. The Morgan fingerprint density at radius 3 is 2.11 bits per heavy atom. The molecule has 0 rings (SSSR count). The van der Waals surface area contributed by atoms with Gasteiger partial charge in [-0.05, 0) is 6.92 Å². The van der Waals surface area contributed by atoms with Crippen molar-refractivity contribution in [1.82, 2.24) is 0 Å². The Bertz CT molecular complexity index is 128. The van der Waals surface area contributed by atoms with Crippen LogP contribution in [0.25, 0.3) is 0 Å². The number of hydrogen-bond acceptors (Lipinski definition) is 1. The van der Waals surface area contributed by atoms with Gasteiger partial charge in [0, 0.05) is 11.1 Å². The third kappa shape index (κ3) is 3.83. The van der Waals surface area contributed by atoms with Crippen molar-refractivity contribution >= 4 is 0 Å². The van der Waals surface area contributed by atoms with Crippen LogP contribution in [0.2, 0.25) is 0 Å². The summed E-state index contributed by atoms with van der Waals surface area (Å²) in [5.74, 6) is 0. The number of rotatable bonds is 2. The first kappa shape index (κ1) is 8.28. The van der Waals surface area contributed by atoms with Crippen molar-refractivity contribution in [3.05, 3.63) is 24.4 Å². The highest BCUT2D eigenvalue weighted by molar-refractivity contribution is 5.08. The largest absolute Gasteiger partial charge is 0.402 e. The molecule has 0 aromatic carbocycles. The maximum absolute atomic E-state index is 5.47. The molecule has 0 aromatic rings. The van der Waals surface area contributed by atoms with Crippen LogP contribution in [0.3, 0.4) is 0 Å². The maximum atomic E-state index is 5.47. The molecule has 0 spiro atoms. The van der Waals surface area contributed by atoms with Crippen LogP contribution in [-0.2, 0) is 0 Å². The van der Waals surface area contributed by atoms with E-state index in [4.69, 9.17) is 5.73 Å². The van der Waals surface area contributed by atoms with E-state index in [2.05, 4.69) is 20.4 Å². The van der Waals surface area contributed by atoms with Crippen molar-refractivity contribution in [2.75, 3.05) is 0 Å². The minimum absolute atomic E-state index is 0.0405. The fourth-order valence-electron chi connectivity index (χ4n) is 0.646. The quantitative estimate of drug-likeness (QED) is 0.562. The van der Waals surface area contributed by atoms with Gasteiger partial charge in [0.1, 0.15) is 0 Å². The zero-order valence-electron chi connectivity index (χ0n) is 6.44. The summed E-state index contributed by atoms with van der Waals surface area (Å²) in [6, 6.07) is 0. The highest BCUT2D eigenvalue weighted by Gasteiger charge is 2.07. The van der Waals surface area contributed by atoms with E-state index in [1.807, 2.05) is 19.1 Å². The molecule has 0 heterocycles. The van der Waals surface area contributed by atoms with E-state index in [1.54, 1.807) is 0 Å². The van der Waals surface area contributed by atoms with Crippen LogP contribution in [0.1, 0.15) is 20.8 Å². The molecule has 0 saturated carbocycles. The summed E-state index contributed by atoms with van der Waals surface area (Å²) < 4.78 is 0. The minimum Gasteiger partial charge on any atom is -0.402 e. The Hall–Kier alpha value is -0.720. The number of nitrogens with two attached hydrogens (primary N) is 1. The van der Waals surface area contributed by atoms with Crippen LogP contribution < -0.4 is 5.73 Å². The summed E-state index contributed by atoms with van der Waals surface area (Å²) in [6.45, 7) is 9.70. The van der Waals surface area contributed by atoms with E-state index in [0.717, 1.165) is 5.70 Å². The molecular weight excluding hydrogens is 110 g/mol. The molecule has 0 aliphatic rings. The van der Waals surface area contributed by atoms with Gasteiger partial charge in [-0.1, -0.05) is 26.0 Å². The lowest BCUT2D eigenvalue weighted by Gasteiger charge is -2.13. The SMILES string of the molecule is C=CC(C)(C)/C=C(\C)N. The molecule has 0 bridgehead atoms. The third-order valence-electron chi connectivity index (χ3n) is 1.13. The predicted octanol–water partition coefficient (Wildman–Crippen LogP) is 2.06. The summed E-state index contributed by atoms with van der Waals surface area (Å²) in [4.78, 5) is 0. The Kier molecular flexibility index (Phi) is 2.50. The van der Waals surface area contributed by atoms with E-state index in [1.165, 1.54) is 0 Å². The van der Waals surface area contributed by atoms with Crippen LogP contribution in [-0.4, -0.2) is 0 Å². The Labute approximate surface area is 57.3 Å². The molecule has 2 N–H and O–H groups in total. The van der Waals surface area contributed by atoms with Gasteiger partial charge in [-0.15, -0.1) is 6.58 Å². The van der Waals surface area contributed by atoms with Crippen molar-refractivity contribution in [2.45, 2.75) is 20.8 Å². The first-order valence-corrected chi connectivity index (χ1v) is 3.06. The molecule has 0 aliphatic heterocycles. The second-order valence-electron chi connectivity index (χ2n) is 2.91. The number of hydrogen-bond donors (Lipinski definition) is 1. The van der Waals surface area contributed by atoms with Crippen molar-refractivity contribution < 1.29 is 0 Å². The normalized spacial score (nSPS) is 13.4. The molecule has 0 amide bonds. The Morgan fingerprint density at radius 1 is 1.56 bits per heavy atom. The van der Waals surface area contributed by atoms with Gasteiger partial charge in [0.25, 0.3) is 0 Å². The lowest BCUT2D eigenvalue weighted by molar-refractivity contribution is 0.621. The molecule has 0 atom stereocenters. The van der Waals surface area contributed by atoms with Gasteiger partial charge in [-0.2, -0.15) is 0 Å². The molecule has 0 fully saturated rings. The average molecular weight is 125 g/mol. The van der Waals surface area contributed by atoms with Gasteiger partial charge in [0.2, 0.25) is 0 Å². The molecule has 1 heteroatoms. The topological polar surface area (TPSA) is 26.0 Å². The average Bonchev–Trinajstić information content (AvgIpc) is 1.63. The van der Waals surface area contributed by atoms with E-state index >= 15 is 0 Å². The van der Waals surface area contributed by atoms with Crippen molar-refractivity contribution in [1.29, 1.82) is 0 Å². The molecule has 52 valence electrons. The lowest BCUT2D eigenvalue weighted by Crippen LogP contribution is -2.05. The van der Waals surface area contributed by atoms with Gasteiger partial charge in [0.05, 0.1) is 0 Å². The predicted molar refractivity (Wildman–Crippen MR) is 41.9 cm³/mol. The van der Waals surface area contributed by atoms with Crippen LogP contribution in [0, 0.1) is 5.41 Å². The molecule has 0 saturated heterocycles. The molecule has 0 radical (unpaired) electrons. The maximum Gasteiger partial charge on any atom is 0.00215 e. The fourth-order valence-corrected chi connectivity index (χ4v) is 0.646. The Balaban J connectivity index is 4.18. The smallest absolute Gasteiger partial charge is 0.00215 e. The summed E-state index contributed by atoms with van der Waals surface area (Å²) in [6.07, 6.45) is 3.86. The van der Waals surface area contributed by atoms with Crippen LogP contribution in [0.15, 0.2) is 24.4 Å². The van der Waals surface area contributed by atoms with Gasteiger partial charge >= 0.3 is 0 Å². The highest BCUT2D eigenvalue weighted by Crippen LogP contribution is 2.18. The van der Waals surface area contributed by atoms with E-state index in [9.17, 15) is 0 Å². The van der Waals surface area contributed by atoms with Crippen LogP contribution in [0.5, 0.6) is 0 Å². The third-order valence-corrected chi connectivity index (χ3v) is 1.13. The monoisotopic (exact) mass is 125 g/mol. The van der Waals surface area contributed by atoms with Gasteiger partial charge in [0.15, 0.2) is 0 Å². The first-order valence-electron chi connectivity index (χ1n) is 3.06. The fraction of sp³-hybridized carbons (Fsp3) is 0.500. The van der Waals surface area contributed by atoms with Gasteiger partial charge in [-0.3, -0.25) is 0 Å². The molecule has 1 nitrogen and oxygen atoms in total. The molecule has 0 unspecified atom stereocenters. The van der Waals surface area contributed by atoms with Crippen molar-refractivity contribution in [3.8, 4) is 0 Å². The lowest BCUT2D eigenvalue weighted by atomic mass is 9.93. The van der Waals surface area contributed by atoms with Crippen molar-refractivity contribution in [3.63, 3.8) is 0 Å². The first-order chi connectivity index (χ1) is 3.98. The van der Waals surface area contributed by atoms with E-state index in [0.29, 0.717) is 0 Å². The zero-order valence-corrected chi connectivity index (χ0v) is 6.44. The number of allylic oxidation sites excluding steroid dienone is 3. The van der Waals surface area contributed by atoms with Gasteiger partial charge < -0.3 is 5.73 Å². The molecule has 0 aliphatic carbocycles. The van der Waals surface area contributed by atoms with E-state index < -0.39 is 0 Å². The highest BCUT2D eigenvalue weighted by atomic mass is 14.5. The molecule has 0 aromatic heterocycles. The van der Waals surface area contributed by atoms with E-state index in [-0.39, 0.29) is 5.41 Å². The van der Waals surface area contributed by atoms with Crippen molar-refractivity contribution in [2.24, 2.45) is 11.1 Å². The second-order valence-corrected chi connectivity index (χ2v) is 2.91. The summed E-state index contributed by atoms with van der Waals surface area (Å²) in [5.41, 5.74) is 6.36. The summed E-state index contributed by atoms with van der Waals surface area (Å²) >= 11 is 0. The molecular formula is C8H15N. The standard InChI is InChI=1S/C8H15N/c1-5-8(3,4)6-7(2)9/h5-6H,1,9H2,2-4H3/b7-6+. The molecule has 9 heavy (non-hydrogen) atoms.